The summed E-state index contributed by atoms with van der Waals surface area (Å²) in [5.41, 5.74) is 0.221. The van der Waals surface area contributed by atoms with E-state index in [1.807, 2.05) is 6.92 Å². The maximum atomic E-state index is 12.1. The highest BCUT2D eigenvalue weighted by Crippen LogP contribution is 2.23. The van der Waals surface area contributed by atoms with E-state index in [-0.39, 0.29) is 23.6 Å². The number of aromatic carboxylic acids is 1. The van der Waals surface area contributed by atoms with E-state index in [9.17, 15) is 13.2 Å². The zero-order valence-electron chi connectivity index (χ0n) is 11.1. The Labute approximate surface area is 117 Å². The van der Waals surface area contributed by atoms with Crippen molar-refractivity contribution in [2.24, 2.45) is 0 Å². The first-order valence-corrected chi connectivity index (χ1v) is 7.62. The van der Waals surface area contributed by atoms with E-state index in [1.165, 1.54) is 12.1 Å². The summed E-state index contributed by atoms with van der Waals surface area (Å²) in [5, 5.41) is 20.6. The Morgan fingerprint density at radius 1 is 1.30 bits per heavy atom. The maximum absolute atomic E-state index is 12.1. The summed E-state index contributed by atoms with van der Waals surface area (Å²) in [7, 11) is -3.88. The smallest absolute Gasteiger partial charge is 0.335 e. The number of aliphatic hydroxyl groups is 1. The molecule has 7 nitrogen and oxygen atoms in total. The number of aliphatic hydroxyl groups excluding tert-OH is 1. The SMILES string of the molecule is CCCNc1ccc(C(=O)O)cc1S(=O)(=O)NCCO. The average Bonchev–Trinajstić information content (AvgIpc) is 2.42. The number of anilines is 1. The van der Waals surface area contributed by atoms with Crippen molar-refractivity contribution < 1.29 is 23.4 Å². The molecule has 0 aliphatic carbocycles. The van der Waals surface area contributed by atoms with Crippen molar-refractivity contribution in [3.05, 3.63) is 23.8 Å². The minimum Gasteiger partial charge on any atom is -0.478 e. The van der Waals surface area contributed by atoms with Gasteiger partial charge in [-0.25, -0.2) is 17.9 Å². The Bertz CT molecular complexity index is 571. The number of benzene rings is 1. The number of nitrogens with one attached hydrogen (secondary N) is 2. The topological polar surface area (TPSA) is 116 Å². The molecule has 0 amide bonds. The van der Waals surface area contributed by atoms with E-state index in [1.54, 1.807) is 0 Å². The van der Waals surface area contributed by atoms with Crippen LogP contribution in [0.4, 0.5) is 5.69 Å². The normalized spacial score (nSPS) is 11.3. The van der Waals surface area contributed by atoms with Crippen LogP contribution >= 0.6 is 0 Å². The number of carboxylic acids is 1. The van der Waals surface area contributed by atoms with Crippen LogP contribution < -0.4 is 10.0 Å². The van der Waals surface area contributed by atoms with Crippen molar-refractivity contribution in [1.82, 2.24) is 4.72 Å². The molecule has 1 rings (SSSR count). The van der Waals surface area contributed by atoms with Gasteiger partial charge in [-0.15, -0.1) is 0 Å². The van der Waals surface area contributed by atoms with Crippen LogP contribution in [-0.2, 0) is 10.0 Å². The van der Waals surface area contributed by atoms with E-state index in [0.717, 1.165) is 12.5 Å². The number of sulfonamides is 1. The van der Waals surface area contributed by atoms with Gasteiger partial charge in [-0.3, -0.25) is 0 Å². The average molecular weight is 302 g/mol. The fourth-order valence-electron chi connectivity index (χ4n) is 1.54. The summed E-state index contributed by atoms with van der Waals surface area (Å²) in [4.78, 5) is 10.8. The van der Waals surface area contributed by atoms with E-state index in [0.29, 0.717) is 12.2 Å². The van der Waals surface area contributed by atoms with Gasteiger partial charge >= 0.3 is 5.97 Å². The van der Waals surface area contributed by atoms with Crippen LogP contribution in [0.1, 0.15) is 23.7 Å². The number of hydrogen-bond donors (Lipinski definition) is 4. The molecule has 0 heterocycles. The molecule has 0 aliphatic rings. The Balaban J connectivity index is 3.23. The van der Waals surface area contributed by atoms with E-state index >= 15 is 0 Å². The van der Waals surface area contributed by atoms with Crippen LogP contribution in [-0.4, -0.2) is 44.3 Å². The lowest BCUT2D eigenvalue weighted by molar-refractivity contribution is 0.0696. The van der Waals surface area contributed by atoms with Gasteiger partial charge in [-0.05, 0) is 24.6 Å². The molecule has 1 aromatic carbocycles. The predicted octanol–water partition coefficient (Wildman–Crippen LogP) is 0.477. The monoisotopic (exact) mass is 302 g/mol. The minimum absolute atomic E-state index is 0.114. The number of rotatable bonds is 8. The molecule has 0 aliphatic heterocycles. The molecule has 4 N–H and O–H groups in total. The molecule has 0 bridgehead atoms. The van der Waals surface area contributed by atoms with Gasteiger partial charge in [0.25, 0.3) is 0 Å². The van der Waals surface area contributed by atoms with Crippen LogP contribution in [0.25, 0.3) is 0 Å². The predicted molar refractivity (Wildman–Crippen MR) is 74.5 cm³/mol. The largest absolute Gasteiger partial charge is 0.478 e. The lowest BCUT2D eigenvalue weighted by Gasteiger charge is -2.13. The van der Waals surface area contributed by atoms with Gasteiger partial charge in [0, 0.05) is 13.1 Å². The van der Waals surface area contributed by atoms with Crippen LogP contribution in [0, 0.1) is 0 Å². The van der Waals surface area contributed by atoms with Crippen LogP contribution in [0.2, 0.25) is 0 Å². The van der Waals surface area contributed by atoms with Crippen molar-refractivity contribution in [3.63, 3.8) is 0 Å². The lowest BCUT2D eigenvalue weighted by atomic mass is 10.2. The maximum Gasteiger partial charge on any atom is 0.335 e. The van der Waals surface area contributed by atoms with E-state index in [2.05, 4.69) is 10.0 Å². The Morgan fingerprint density at radius 2 is 2.00 bits per heavy atom. The van der Waals surface area contributed by atoms with Crippen LogP contribution in [0.3, 0.4) is 0 Å². The third-order valence-corrected chi connectivity index (χ3v) is 3.99. The van der Waals surface area contributed by atoms with E-state index < -0.39 is 16.0 Å². The van der Waals surface area contributed by atoms with E-state index in [4.69, 9.17) is 10.2 Å². The fourth-order valence-corrected chi connectivity index (χ4v) is 2.77. The molecule has 20 heavy (non-hydrogen) atoms. The molecule has 0 saturated heterocycles. The van der Waals surface area contributed by atoms with Gasteiger partial charge in [0.15, 0.2) is 0 Å². The van der Waals surface area contributed by atoms with Gasteiger partial charge < -0.3 is 15.5 Å². The first-order chi connectivity index (χ1) is 9.42. The standard InChI is InChI=1S/C12H18N2O5S/c1-2-5-13-10-4-3-9(12(16)17)8-11(10)20(18,19)14-6-7-15/h3-4,8,13-15H,2,5-7H2,1H3,(H,16,17). The zero-order valence-corrected chi connectivity index (χ0v) is 11.9. The molecule has 0 unspecified atom stereocenters. The van der Waals surface area contributed by atoms with Crippen LogP contribution in [0.5, 0.6) is 0 Å². The molecule has 0 saturated carbocycles. The van der Waals surface area contributed by atoms with Crippen molar-refractivity contribution in [1.29, 1.82) is 0 Å². The Kier molecular flexibility index (Phi) is 5.93. The van der Waals surface area contributed by atoms with Gasteiger partial charge in [-0.1, -0.05) is 6.92 Å². The molecule has 0 aromatic heterocycles. The zero-order chi connectivity index (χ0) is 15.2. The third kappa shape index (κ3) is 4.19. The first kappa shape index (κ1) is 16.4. The summed E-state index contributed by atoms with van der Waals surface area (Å²) in [6.07, 6.45) is 0.796. The number of carbonyl (C=O) groups is 1. The third-order valence-electron chi connectivity index (χ3n) is 2.49. The van der Waals surface area contributed by atoms with Crippen molar-refractivity contribution in [2.75, 3.05) is 25.0 Å². The Hall–Kier alpha value is -1.64. The molecular weight excluding hydrogens is 284 g/mol. The second-order valence-corrected chi connectivity index (χ2v) is 5.80. The van der Waals surface area contributed by atoms with Gasteiger partial charge in [0.2, 0.25) is 10.0 Å². The highest BCUT2D eigenvalue weighted by Gasteiger charge is 2.20. The quantitative estimate of drug-likeness (QED) is 0.555. The summed E-state index contributed by atoms with van der Waals surface area (Å²) in [6, 6.07) is 3.86. The van der Waals surface area contributed by atoms with Gasteiger partial charge in [-0.2, -0.15) is 0 Å². The highest BCUT2D eigenvalue weighted by atomic mass is 32.2. The number of hydrogen-bond acceptors (Lipinski definition) is 5. The van der Waals surface area contributed by atoms with Crippen molar-refractivity contribution in [2.45, 2.75) is 18.2 Å². The van der Waals surface area contributed by atoms with Crippen molar-refractivity contribution >= 4 is 21.7 Å². The van der Waals surface area contributed by atoms with Crippen molar-refractivity contribution in [3.8, 4) is 0 Å². The fraction of sp³-hybridized carbons (Fsp3) is 0.417. The van der Waals surface area contributed by atoms with Gasteiger partial charge in [0.05, 0.1) is 17.9 Å². The van der Waals surface area contributed by atoms with Crippen LogP contribution in [0.15, 0.2) is 23.1 Å². The summed E-state index contributed by atoms with van der Waals surface area (Å²) in [6.45, 7) is 2.02. The summed E-state index contributed by atoms with van der Waals surface area (Å²) in [5.74, 6) is -1.20. The Morgan fingerprint density at radius 3 is 2.55 bits per heavy atom. The molecule has 0 atom stereocenters. The highest BCUT2D eigenvalue weighted by molar-refractivity contribution is 7.89. The molecule has 112 valence electrons. The molecule has 0 fully saturated rings. The molecule has 0 radical (unpaired) electrons. The second-order valence-electron chi connectivity index (χ2n) is 4.06. The van der Waals surface area contributed by atoms with Gasteiger partial charge in [0.1, 0.15) is 4.90 Å². The first-order valence-electron chi connectivity index (χ1n) is 6.14. The summed E-state index contributed by atoms with van der Waals surface area (Å²) >= 11 is 0. The molecule has 8 heteroatoms. The molecule has 1 aromatic rings. The molecular formula is C12H18N2O5S. The second kappa shape index (κ2) is 7.22. The summed E-state index contributed by atoms with van der Waals surface area (Å²) < 4.78 is 26.4. The number of carboxylic acid groups (broad SMARTS) is 1. The molecule has 0 spiro atoms. The minimum atomic E-state index is -3.88. The lowest BCUT2D eigenvalue weighted by Crippen LogP contribution is -2.27.